The maximum atomic E-state index is 11.6. The second kappa shape index (κ2) is 4.85. The van der Waals surface area contributed by atoms with Crippen molar-refractivity contribution in [3.8, 4) is 0 Å². The number of carboxylic acid groups (broad SMARTS) is 1. The SMILES string of the molecule is O=C(NC1CCCCCC1C(=O)O)C1CC1. The minimum atomic E-state index is -0.761. The van der Waals surface area contributed by atoms with E-state index in [2.05, 4.69) is 5.32 Å². The Hall–Kier alpha value is -1.06. The molecule has 90 valence electrons. The smallest absolute Gasteiger partial charge is 0.308 e. The first-order valence-corrected chi connectivity index (χ1v) is 6.21. The highest BCUT2D eigenvalue weighted by molar-refractivity contribution is 5.82. The van der Waals surface area contributed by atoms with Gasteiger partial charge in [-0.15, -0.1) is 0 Å². The predicted octanol–water partition coefficient (Wildman–Crippen LogP) is 1.55. The highest BCUT2D eigenvalue weighted by atomic mass is 16.4. The van der Waals surface area contributed by atoms with Gasteiger partial charge >= 0.3 is 5.97 Å². The molecule has 0 aliphatic heterocycles. The van der Waals surface area contributed by atoms with Crippen LogP contribution >= 0.6 is 0 Å². The molecule has 2 aliphatic carbocycles. The molecule has 2 fully saturated rings. The van der Waals surface area contributed by atoms with E-state index < -0.39 is 5.97 Å². The molecule has 2 rings (SSSR count). The van der Waals surface area contributed by atoms with E-state index in [0.717, 1.165) is 38.5 Å². The first-order valence-electron chi connectivity index (χ1n) is 6.21. The van der Waals surface area contributed by atoms with Crippen LogP contribution in [0.2, 0.25) is 0 Å². The molecule has 0 spiro atoms. The van der Waals surface area contributed by atoms with E-state index in [0.29, 0.717) is 6.42 Å². The number of amides is 1. The molecule has 2 N–H and O–H groups in total. The van der Waals surface area contributed by atoms with Crippen molar-refractivity contribution in [2.45, 2.75) is 51.0 Å². The Morgan fingerprint density at radius 1 is 1.00 bits per heavy atom. The standard InChI is InChI=1S/C12H19NO3/c14-11(8-6-7-8)13-10-5-3-1-2-4-9(10)12(15)16/h8-10H,1-7H2,(H,13,14)(H,15,16). The molecule has 16 heavy (non-hydrogen) atoms. The maximum Gasteiger partial charge on any atom is 0.308 e. The Kier molecular flexibility index (Phi) is 3.46. The molecule has 0 bridgehead atoms. The minimum Gasteiger partial charge on any atom is -0.481 e. The van der Waals surface area contributed by atoms with Crippen LogP contribution in [0.1, 0.15) is 44.9 Å². The fraction of sp³-hybridized carbons (Fsp3) is 0.833. The van der Waals surface area contributed by atoms with Crippen LogP contribution in [-0.2, 0) is 9.59 Å². The van der Waals surface area contributed by atoms with Crippen LogP contribution in [0, 0.1) is 11.8 Å². The van der Waals surface area contributed by atoms with Crippen molar-refractivity contribution in [3.05, 3.63) is 0 Å². The zero-order valence-electron chi connectivity index (χ0n) is 9.45. The van der Waals surface area contributed by atoms with Crippen molar-refractivity contribution < 1.29 is 14.7 Å². The third-order valence-electron chi connectivity index (χ3n) is 3.61. The van der Waals surface area contributed by atoms with Gasteiger partial charge in [0, 0.05) is 12.0 Å². The molecule has 4 heteroatoms. The average molecular weight is 225 g/mol. The molecule has 0 heterocycles. The summed E-state index contributed by atoms with van der Waals surface area (Å²) in [4.78, 5) is 22.8. The summed E-state index contributed by atoms with van der Waals surface area (Å²) in [6.07, 6.45) is 6.53. The number of carbonyl (C=O) groups is 2. The summed E-state index contributed by atoms with van der Waals surface area (Å²) in [6.45, 7) is 0. The first kappa shape index (κ1) is 11.4. The number of hydrogen-bond acceptors (Lipinski definition) is 2. The van der Waals surface area contributed by atoms with Gasteiger partial charge in [-0.1, -0.05) is 19.3 Å². The van der Waals surface area contributed by atoms with Crippen molar-refractivity contribution >= 4 is 11.9 Å². The second-order valence-corrected chi connectivity index (χ2v) is 4.97. The third-order valence-corrected chi connectivity index (χ3v) is 3.61. The van der Waals surface area contributed by atoms with E-state index in [9.17, 15) is 9.59 Å². The summed E-state index contributed by atoms with van der Waals surface area (Å²) in [5.74, 6) is -0.913. The highest BCUT2D eigenvalue weighted by Crippen LogP contribution is 2.30. The van der Waals surface area contributed by atoms with Gasteiger partial charge in [0.1, 0.15) is 0 Å². The lowest BCUT2D eigenvalue weighted by Gasteiger charge is -2.22. The van der Waals surface area contributed by atoms with E-state index >= 15 is 0 Å². The van der Waals surface area contributed by atoms with E-state index in [1.54, 1.807) is 0 Å². The molecular formula is C12H19NO3. The van der Waals surface area contributed by atoms with Gasteiger partial charge in [-0.05, 0) is 25.7 Å². The fourth-order valence-electron chi connectivity index (χ4n) is 2.42. The molecule has 2 aliphatic rings. The van der Waals surface area contributed by atoms with Crippen molar-refractivity contribution in [3.63, 3.8) is 0 Å². The molecule has 2 atom stereocenters. The van der Waals surface area contributed by atoms with Gasteiger partial charge in [0.25, 0.3) is 0 Å². The Morgan fingerprint density at radius 3 is 2.31 bits per heavy atom. The molecular weight excluding hydrogens is 206 g/mol. The van der Waals surface area contributed by atoms with Crippen molar-refractivity contribution in [2.24, 2.45) is 11.8 Å². The largest absolute Gasteiger partial charge is 0.481 e. The van der Waals surface area contributed by atoms with Crippen LogP contribution in [0.4, 0.5) is 0 Å². The van der Waals surface area contributed by atoms with Crippen LogP contribution in [0.15, 0.2) is 0 Å². The summed E-state index contributed by atoms with van der Waals surface area (Å²) in [7, 11) is 0. The predicted molar refractivity (Wildman–Crippen MR) is 58.9 cm³/mol. The molecule has 0 radical (unpaired) electrons. The van der Waals surface area contributed by atoms with Crippen LogP contribution in [0.25, 0.3) is 0 Å². The summed E-state index contributed by atoms with van der Waals surface area (Å²) in [6, 6.07) is -0.145. The van der Waals surface area contributed by atoms with Crippen LogP contribution < -0.4 is 5.32 Å². The number of carbonyl (C=O) groups excluding carboxylic acids is 1. The van der Waals surface area contributed by atoms with E-state index in [1.807, 2.05) is 0 Å². The van der Waals surface area contributed by atoms with Gasteiger partial charge in [-0.2, -0.15) is 0 Å². The molecule has 0 aromatic heterocycles. The van der Waals surface area contributed by atoms with Crippen LogP contribution in [0.5, 0.6) is 0 Å². The fourth-order valence-corrected chi connectivity index (χ4v) is 2.42. The molecule has 2 saturated carbocycles. The zero-order chi connectivity index (χ0) is 11.5. The Morgan fingerprint density at radius 2 is 1.69 bits per heavy atom. The first-order chi connectivity index (χ1) is 7.68. The van der Waals surface area contributed by atoms with Gasteiger partial charge in [0.2, 0.25) is 5.91 Å². The lowest BCUT2D eigenvalue weighted by atomic mass is 9.94. The number of rotatable bonds is 3. The number of nitrogens with one attached hydrogen (secondary N) is 1. The summed E-state index contributed by atoms with van der Waals surface area (Å²) in [5.41, 5.74) is 0. The van der Waals surface area contributed by atoms with Gasteiger partial charge in [0.15, 0.2) is 0 Å². The summed E-state index contributed by atoms with van der Waals surface area (Å²) in [5, 5.41) is 12.1. The zero-order valence-corrected chi connectivity index (χ0v) is 9.45. The molecule has 0 aromatic carbocycles. The molecule has 4 nitrogen and oxygen atoms in total. The van der Waals surface area contributed by atoms with Gasteiger partial charge < -0.3 is 10.4 Å². The molecule has 2 unspecified atom stereocenters. The van der Waals surface area contributed by atoms with Crippen molar-refractivity contribution in [2.75, 3.05) is 0 Å². The summed E-state index contributed by atoms with van der Waals surface area (Å²) < 4.78 is 0. The lowest BCUT2D eigenvalue weighted by molar-refractivity contribution is -0.143. The van der Waals surface area contributed by atoms with Crippen molar-refractivity contribution in [1.29, 1.82) is 0 Å². The summed E-state index contributed by atoms with van der Waals surface area (Å²) >= 11 is 0. The quantitative estimate of drug-likeness (QED) is 0.716. The van der Waals surface area contributed by atoms with E-state index in [-0.39, 0.29) is 23.8 Å². The third kappa shape index (κ3) is 2.74. The van der Waals surface area contributed by atoms with Crippen LogP contribution in [0.3, 0.4) is 0 Å². The number of aliphatic carboxylic acids is 1. The number of carboxylic acids is 1. The Labute approximate surface area is 95.4 Å². The minimum absolute atomic E-state index is 0.0677. The van der Waals surface area contributed by atoms with Gasteiger partial charge in [-0.3, -0.25) is 9.59 Å². The molecule has 1 amide bonds. The normalized spacial score (nSPS) is 30.5. The monoisotopic (exact) mass is 225 g/mol. The highest BCUT2D eigenvalue weighted by Gasteiger charge is 2.35. The van der Waals surface area contributed by atoms with Gasteiger partial charge in [0.05, 0.1) is 5.92 Å². The Bertz CT molecular complexity index is 286. The maximum absolute atomic E-state index is 11.6. The second-order valence-electron chi connectivity index (χ2n) is 4.97. The van der Waals surface area contributed by atoms with E-state index in [1.165, 1.54) is 0 Å². The average Bonchev–Trinajstić information content (AvgIpc) is 3.04. The lowest BCUT2D eigenvalue weighted by Crippen LogP contribution is -2.43. The number of hydrogen-bond donors (Lipinski definition) is 2. The van der Waals surface area contributed by atoms with Crippen molar-refractivity contribution in [1.82, 2.24) is 5.32 Å². The topological polar surface area (TPSA) is 66.4 Å². The molecule has 0 saturated heterocycles. The Balaban J connectivity index is 1.95. The molecule has 0 aromatic rings. The van der Waals surface area contributed by atoms with E-state index in [4.69, 9.17) is 5.11 Å². The van der Waals surface area contributed by atoms with Gasteiger partial charge in [-0.25, -0.2) is 0 Å². The van der Waals surface area contributed by atoms with Crippen LogP contribution in [-0.4, -0.2) is 23.0 Å².